The Morgan fingerprint density at radius 3 is 2.20 bits per heavy atom. The molecule has 0 aromatic rings. The van der Waals surface area contributed by atoms with Crippen LogP contribution < -0.4 is 4.89 Å². The molecule has 15 heavy (non-hydrogen) atoms. The molecule has 0 saturated heterocycles. The highest BCUT2D eigenvalue weighted by atomic mass is 31.2. The second kappa shape index (κ2) is 6.24. The zero-order chi connectivity index (χ0) is 12.1. The third-order valence-corrected chi connectivity index (χ3v) is 3.81. The van der Waals surface area contributed by atoms with Gasteiger partial charge in [-0.25, -0.2) is 4.67 Å². The fourth-order valence-corrected chi connectivity index (χ4v) is 3.02. The molecule has 0 N–H and O–H groups in total. The minimum atomic E-state index is -4.01. The summed E-state index contributed by atoms with van der Waals surface area (Å²) in [5, 5.41) is 8.28. The Kier molecular flexibility index (Phi) is 6.07. The standard InChI is InChI=1S/C9H19N2O3P/c1-8(2)11(9(3)4)15(12,13)14-7-5-6-10/h8-9H,5,7H2,1-4H3,(H,12,13)/p-1. The van der Waals surface area contributed by atoms with Crippen molar-refractivity contribution >= 4 is 7.75 Å². The SMILES string of the molecule is CC(C)N(C(C)C)P(=O)([O-])OCCC#N. The highest BCUT2D eigenvalue weighted by molar-refractivity contribution is 7.48. The quantitative estimate of drug-likeness (QED) is 0.513. The third kappa shape index (κ3) is 4.76. The number of nitriles is 1. The molecule has 5 nitrogen and oxygen atoms in total. The van der Waals surface area contributed by atoms with Gasteiger partial charge in [0.05, 0.1) is 19.1 Å². The van der Waals surface area contributed by atoms with Crippen LogP contribution in [0.3, 0.4) is 0 Å². The lowest BCUT2D eigenvalue weighted by Crippen LogP contribution is -2.38. The lowest BCUT2D eigenvalue weighted by Gasteiger charge is -2.40. The summed E-state index contributed by atoms with van der Waals surface area (Å²) in [7, 11) is -4.01. The molecule has 88 valence electrons. The smallest absolute Gasteiger partial charge is 0.207 e. The molecule has 0 radical (unpaired) electrons. The molecule has 0 heterocycles. The highest BCUT2D eigenvalue weighted by Crippen LogP contribution is 2.44. The first-order chi connectivity index (χ1) is 6.83. The van der Waals surface area contributed by atoms with Crippen LogP contribution in [-0.4, -0.2) is 23.4 Å². The van der Waals surface area contributed by atoms with Crippen molar-refractivity contribution in [3.8, 4) is 6.07 Å². The number of hydrogen-bond donors (Lipinski definition) is 0. The van der Waals surface area contributed by atoms with E-state index in [4.69, 9.17) is 9.79 Å². The molecule has 0 aliphatic carbocycles. The van der Waals surface area contributed by atoms with Gasteiger partial charge in [-0.05, 0) is 27.7 Å². The zero-order valence-electron chi connectivity index (χ0n) is 9.64. The first-order valence-corrected chi connectivity index (χ1v) is 6.43. The molecule has 0 bridgehead atoms. The average Bonchev–Trinajstić information content (AvgIpc) is 2.01. The molecule has 0 aromatic carbocycles. The Morgan fingerprint density at radius 2 is 1.87 bits per heavy atom. The molecule has 0 amide bonds. The Morgan fingerprint density at radius 1 is 1.40 bits per heavy atom. The molecule has 0 fully saturated rings. The average molecular weight is 233 g/mol. The van der Waals surface area contributed by atoms with Crippen molar-refractivity contribution in [2.24, 2.45) is 0 Å². The van der Waals surface area contributed by atoms with Gasteiger partial charge in [-0.1, -0.05) is 0 Å². The molecular formula is C9H18N2O3P-. The summed E-state index contributed by atoms with van der Waals surface area (Å²) in [4.78, 5) is 11.7. The normalized spacial score (nSPS) is 15.7. The molecule has 0 aliphatic heterocycles. The Balaban J connectivity index is 4.52. The van der Waals surface area contributed by atoms with E-state index in [9.17, 15) is 9.46 Å². The van der Waals surface area contributed by atoms with Gasteiger partial charge in [-0.2, -0.15) is 5.26 Å². The van der Waals surface area contributed by atoms with Crippen LogP contribution in [0.1, 0.15) is 34.1 Å². The maximum atomic E-state index is 11.7. The number of nitrogens with zero attached hydrogens (tertiary/aromatic N) is 2. The molecule has 1 unspecified atom stereocenters. The summed E-state index contributed by atoms with van der Waals surface area (Å²) in [5.74, 6) is 0. The maximum Gasteiger partial charge on any atom is 0.207 e. The van der Waals surface area contributed by atoms with Crippen LogP contribution in [0.25, 0.3) is 0 Å². The minimum absolute atomic E-state index is 0.0762. The fourth-order valence-electron chi connectivity index (χ4n) is 1.44. The predicted octanol–water partition coefficient (Wildman–Crippen LogP) is 1.50. The molecule has 0 aliphatic rings. The minimum Gasteiger partial charge on any atom is -0.766 e. The van der Waals surface area contributed by atoms with Crippen LogP contribution in [-0.2, 0) is 9.09 Å². The second-order valence-corrected chi connectivity index (χ2v) is 5.43. The van der Waals surface area contributed by atoms with Gasteiger partial charge in [0.15, 0.2) is 0 Å². The first-order valence-electron chi connectivity index (χ1n) is 4.94. The van der Waals surface area contributed by atoms with Crippen LogP contribution in [0.15, 0.2) is 0 Å². The number of hydrogen-bond acceptors (Lipinski definition) is 4. The Hall–Kier alpha value is -0.400. The molecule has 6 heteroatoms. The molecule has 0 rings (SSSR count). The van der Waals surface area contributed by atoms with Crippen molar-refractivity contribution in [2.45, 2.75) is 46.2 Å². The van der Waals surface area contributed by atoms with Gasteiger partial charge in [0.1, 0.15) is 0 Å². The van der Waals surface area contributed by atoms with E-state index in [0.29, 0.717) is 0 Å². The largest absolute Gasteiger partial charge is 0.766 e. The number of rotatable bonds is 6. The van der Waals surface area contributed by atoms with Gasteiger partial charge in [0.2, 0.25) is 7.75 Å². The van der Waals surface area contributed by atoms with Gasteiger partial charge in [0.25, 0.3) is 0 Å². The van der Waals surface area contributed by atoms with Crippen molar-refractivity contribution < 1.29 is 14.0 Å². The summed E-state index contributed by atoms with van der Waals surface area (Å²) in [5.41, 5.74) is 0. The van der Waals surface area contributed by atoms with Crippen molar-refractivity contribution in [1.82, 2.24) is 4.67 Å². The molecule has 0 spiro atoms. The Labute approximate surface area is 91.2 Å². The fraction of sp³-hybridized carbons (Fsp3) is 0.889. The summed E-state index contributed by atoms with van der Waals surface area (Å²) in [6.07, 6.45) is 0.0796. The summed E-state index contributed by atoms with van der Waals surface area (Å²) in [6, 6.07) is 1.55. The van der Waals surface area contributed by atoms with E-state index in [1.165, 1.54) is 4.67 Å². The molecule has 1 atom stereocenters. The van der Waals surface area contributed by atoms with Crippen molar-refractivity contribution in [2.75, 3.05) is 6.61 Å². The van der Waals surface area contributed by atoms with E-state index in [-0.39, 0.29) is 25.1 Å². The lowest BCUT2D eigenvalue weighted by atomic mass is 10.3. The van der Waals surface area contributed by atoms with Gasteiger partial charge < -0.3 is 9.42 Å². The van der Waals surface area contributed by atoms with Crippen LogP contribution >= 0.6 is 7.75 Å². The van der Waals surface area contributed by atoms with Gasteiger partial charge in [-0.3, -0.25) is 4.57 Å². The summed E-state index contributed by atoms with van der Waals surface area (Å²) in [6.45, 7) is 7.08. The lowest BCUT2D eigenvalue weighted by molar-refractivity contribution is -0.216. The maximum absolute atomic E-state index is 11.7. The molecule has 0 aromatic heterocycles. The van der Waals surface area contributed by atoms with E-state index < -0.39 is 7.75 Å². The van der Waals surface area contributed by atoms with E-state index in [1.54, 1.807) is 27.7 Å². The van der Waals surface area contributed by atoms with Crippen LogP contribution in [0, 0.1) is 11.3 Å². The van der Waals surface area contributed by atoms with Gasteiger partial charge in [0, 0.05) is 12.1 Å². The zero-order valence-corrected chi connectivity index (χ0v) is 10.5. The second-order valence-electron chi connectivity index (χ2n) is 3.78. The van der Waals surface area contributed by atoms with Crippen LogP contribution in [0.4, 0.5) is 0 Å². The summed E-state index contributed by atoms with van der Waals surface area (Å²) >= 11 is 0. The predicted molar refractivity (Wildman–Crippen MR) is 55.9 cm³/mol. The monoisotopic (exact) mass is 233 g/mol. The highest BCUT2D eigenvalue weighted by Gasteiger charge is 2.25. The summed E-state index contributed by atoms with van der Waals surface area (Å²) < 4.78 is 17.8. The topological polar surface area (TPSA) is 76.4 Å². The van der Waals surface area contributed by atoms with Crippen molar-refractivity contribution in [3.63, 3.8) is 0 Å². The van der Waals surface area contributed by atoms with Crippen molar-refractivity contribution in [1.29, 1.82) is 5.26 Å². The van der Waals surface area contributed by atoms with E-state index >= 15 is 0 Å². The van der Waals surface area contributed by atoms with Crippen LogP contribution in [0.2, 0.25) is 0 Å². The van der Waals surface area contributed by atoms with Crippen LogP contribution in [0.5, 0.6) is 0 Å². The van der Waals surface area contributed by atoms with Gasteiger partial charge >= 0.3 is 0 Å². The van der Waals surface area contributed by atoms with Gasteiger partial charge in [-0.15, -0.1) is 0 Å². The molecule has 0 saturated carbocycles. The van der Waals surface area contributed by atoms with E-state index in [0.717, 1.165) is 0 Å². The third-order valence-electron chi connectivity index (χ3n) is 1.81. The van der Waals surface area contributed by atoms with Crippen molar-refractivity contribution in [3.05, 3.63) is 0 Å². The first kappa shape index (κ1) is 14.6. The Bertz CT molecular complexity index is 265. The van der Waals surface area contributed by atoms with E-state index in [1.807, 2.05) is 6.07 Å². The van der Waals surface area contributed by atoms with E-state index in [2.05, 4.69) is 0 Å². The molecular weight excluding hydrogens is 215 g/mol.